The van der Waals surface area contributed by atoms with Gasteiger partial charge in [0.05, 0.1) is 0 Å². The number of unbranched alkanes of at least 4 members (excludes halogenated alkanes) is 4. The van der Waals surface area contributed by atoms with E-state index < -0.39 is 0 Å². The maximum absolute atomic E-state index is 2.63. The predicted octanol–water partition coefficient (Wildman–Crippen LogP) is 6.94. The van der Waals surface area contributed by atoms with Gasteiger partial charge in [0.15, 0.2) is 0 Å². The van der Waals surface area contributed by atoms with Crippen molar-refractivity contribution in [1.29, 1.82) is 0 Å². The van der Waals surface area contributed by atoms with Crippen molar-refractivity contribution in [2.45, 2.75) is 91.4 Å². The molecule has 9 unspecified atom stereocenters. The smallest absolute Gasteiger partial charge is 0.0315 e. The third kappa shape index (κ3) is 2.53. The summed E-state index contributed by atoms with van der Waals surface area (Å²) in [5.74, 6) is 10.4. The third-order valence-corrected chi connectivity index (χ3v) is 8.91. The Labute approximate surface area is 145 Å². The van der Waals surface area contributed by atoms with Gasteiger partial charge in [0, 0.05) is 0 Å². The van der Waals surface area contributed by atoms with Gasteiger partial charge in [0.1, 0.15) is 0 Å². The van der Waals surface area contributed by atoms with Crippen LogP contribution in [0, 0.1) is 53.3 Å². The molecule has 23 heavy (non-hydrogen) atoms. The first-order chi connectivity index (χ1) is 11.3. The zero-order chi connectivity index (χ0) is 16.0. The molecule has 0 aromatic heterocycles. The second kappa shape index (κ2) is 6.72. The van der Waals surface area contributed by atoms with Crippen LogP contribution in [0.15, 0.2) is 0 Å². The van der Waals surface area contributed by atoms with Crippen molar-refractivity contribution < 1.29 is 0 Å². The summed E-state index contributed by atoms with van der Waals surface area (Å²) >= 11 is 0. The predicted molar refractivity (Wildman–Crippen MR) is 99.2 cm³/mol. The molecule has 0 aromatic carbocycles. The minimum Gasteiger partial charge on any atom is -0.0654 e. The summed E-state index contributed by atoms with van der Waals surface area (Å²) in [6, 6.07) is 0. The second-order valence-corrected chi connectivity index (χ2v) is 9.84. The first kappa shape index (κ1) is 16.5. The van der Waals surface area contributed by atoms with E-state index in [1.165, 1.54) is 74.0 Å². The fraction of sp³-hybridized carbons (Fsp3) is 1.00. The Hall–Kier alpha value is 0. The summed E-state index contributed by atoms with van der Waals surface area (Å²) < 4.78 is 0. The molecule has 0 amide bonds. The summed E-state index contributed by atoms with van der Waals surface area (Å²) in [5.41, 5.74) is 0. The SMILES string of the molecule is CCCCCCC1C(C)CC(CCCC)C2C1C1C3CCC3C21. The van der Waals surface area contributed by atoms with Gasteiger partial charge in [-0.25, -0.2) is 0 Å². The number of rotatable bonds is 8. The van der Waals surface area contributed by atoms with Crippen LogP contribution >= 0.6 is 0 Å². The van der Waals surface area contributed by atoms with Crippen LogP contribution in [0.4, 0.5) is 0 Å². The highest BCUT2D eigenvalue weighted by Crippen LogP contribution is 2.77. The molecule has 0 aromatic rings. The van der Waals surface area contributed by atoms with Gasteiger partial charge in [0.2, 0.25) is 0 Å². The van der Waals surface area contributed by atoms with E-state index in [9.17, 15) is 0 Å². The van der Waals surface area contributed by atoms with Crippen molar-refractivity contribution in [1.82, 2.24) is 0 Å². The topological polar surface area (TPSA) is 0 Å². The molecule has 4 fully saturated rings. The Morgan fingerprint density at radius 1 is 0.696 bits per heavy atom. The van der Waals surface area contributed by atoms with E-state index in [0.29, 0.717) is 0 Å². The van der Waals surface area contributed by atoms with Crippen LogP contribution in [0.1, 0.15) is 91.4 Å². The summed E-state index contributed by atoms with van der Waals surface area (Å²) in [5, 5.41) is 0. The molecule has 4 aliphatic rings. The maximum Gasteiger partial charge on any atom is -0.0315 e. The molecule has 0 bridgehead atoms. The first-order valence-corrected chi connectivity index (χ1v) is 11.3. The van der Waals surface area contributed by atoms with Gasteiger partial charge in [-0.05, 0) is 78.9 Å². The molecule has 0 saturated heterocycles. The highest BCUT2D eigenvalue weighted by atomic mass is 14.8. The first-order valence-electron chi connectivity index (χ1n) is 11.3. The minimum absolute atomic E-state index is 1.03. The van der Waals surface area contributed by atoms with Crippen molar-refractivity contribution >= 4 is 0 Å². The molecule has 0 spiro atoms. The lowest BCUT2D eigenvalue weighted by Crippen LogP contribution is -2.72. The quantitative estimate of drug-likeness (QED) is 0.425. The molecule has 0 heterocycles. The molecule has 9 atom stereocenters. The maximum atomic E-state index is 2.63. The van der Waals surface area contributed by atoms with Crippen LogP contribution in [-0.2, 0) is 0 Å². The molecule has 4 saturated carbocycles. The van der Waals surface area contributed by atoms with Gasteiger partial charge < -0.3 is 0 Å². The van der Waals surface area contributed by atoms with E-state index in [-0.39, 0.29) is 0 Å². The van der Waals surface area contributed by atoms with E-state index in [1.54, 1.807) is 32.1 Å². The molecule has 0 N–H and O–H groups in total. The Morgan fingerprint density at radius 2 is 1.39 bits per heavy atom. The van der Waals surface area contributed by atoms with E-state index in [1.807, 2.05) is 0 Å². The number of hydrogen-bond acceptors (Lipinski definition) is 0. The van der Waals surface area contributed by atoms with Gasteiger partial charge >= 0.3 is 0 Å². The minimum atomic E-state index is 1.03. The highest BCUT2D eigenvalue weighted by Gasteiger charge is 2.71. The van der Waals surface area contributed by atoms with Crippen molar-refractivity contribution in [2.24, 2.45) is 53.3 Å². The average Bonchev–Trinajstić information content (AvgIpc) is 2.52. The van der Waals surface area contributed by atoms with Gasteiger partial charge in [0.25, 0.3) is 0 Å². The molecule has 4 aliphatic carbocycles. The van der Waals surface area contributed by atoms with E-state index >= 15 is 0 Å². The van der Waals surface area contributed by atoms with Crippen molar-refractivity contribution in [3.63, 3.8) is 0 Å². The monoisotopic (exact) mass is 316 g/mol. The second-order valence-electron chi connectivity index (χ2n) is 9.84. The molecule has 4 rings (SSSR count). The average molecular weight is 317 g/mol. The fourth-order valence-corrected chi connectivity index (χ4v) is 7.83. The van der Waals surface area contributed by atoms with Crippen LogP contribution in [0.25, 0.3) is 0 Å². The van der Waals surface area contributed by atoms with E-state index in [0.717, 1.165) is 17.8 Å². The van der Waals surface area contributed by atoms with Crippen molar-refractivity contribution in [3.8, 4) is 0 Å². The van der Waals surface area contributed by atoms with Gasteiger partial charge in [-0.1, -0.05) is 65.7 Å². The van der Waals surface area contributed by atoms with Crippen molar-refractivity contribution in [2.75, 3.05) is 0 Å². The van der Waals surface area contributed by atoms with Gasteiger partial charge in [-0.2, -0.15) is 0 Å². The van der Waals surface area contributed by atoms with Crippen LogP contribution in [-0.4, -0.2) is 0 Å². The van der Waals surface area contributed by atoms with Crippen LogP contribution in [0.3, 0.4) is 0 Å². The third-order valence-electron chi connectivity index (χ3n) is 8.91. The van der Waals surface area contributed by atoms with Gasteiger partial charge in [-0.3, -0.25) is 0 Å². The molecule has 0 radical (unpaired) electrons. The Balaban J connectivity index is 1.42. The largest absolute Gasteiger partial charge is 0.0654 e. The standard InChI is InChI=1S/C23H40/c1-4-6-8-9-11-17-15(3)14-16(10-7-5-2)20-21(17)23-19-13-12-18(19)22(20)23/h15-23H,4-14H2,1-3H3. The molecule has 0 aliphatic heterocycles. The number of hydrogen-bond donors (Lipinski definition) is 0. The van der Waals surface area contributed by atoms with Crippen LogP contribution in [0.5, 0.6) is 0 Å². The van der Waals surface area contributed by atoms with E-state index in [4.69, 9.17) is 0 Å². The molecular formula is C23H40. The lowest BCUT2D eigenvalue weighted by molar-refractivity contribution is -0.297. The summed E-state index contributed by atoms with van der Waals surface area (Å²) in [6.45, 7) is 7.36. The summed E-state index contributed by atoms with van der Waals surface area (Å²) in [4.78, 5) is 0. The zero-order valence-corrected chi connectivity index (χ0v) is 16.0. The Morgan fingerprint density at radius 3 is 2.04 bits per heavy atom. The molecule has 0 heteroatoms. The molecule has 0 nitrogen and oxygen atoms in total. The molecule has 132 valence electrons. The Bertz CT molecular complexity index is 399. The van der Waals surface area contributed by atoms with Crippen LogP contribution < -0.4 is 0 Å². The Kier molecular flexibility index (Phi) is 4.81. The summed E-state index contributed by atoms with van der Waals surface area (Å²) in [6.07, 6.45) is 16.7. The summed E-state index contributed by atoms with van der Waals surface area (Å²) in [7, 11) is 0. The molecular weight excluding hydrogens is 276 g/mol. The van der Waals surface area contributed by atoms with Crippen LogP contribution in [0.2, 0.25) is 0 Å². The zero-order valence-electron chi connectivity index (χ0n) is 16.0. The normalized spacial score (nSPS) is 50.0. The van der Waals surface area contributed by atoms with E-state index in [2.05, 4.69) is 20.8 Å². The fourth-order valence-electron chi connectivity index (χ4n) is 7.83. The van der Waals surface area contributed by atoms with Crippen molar-refractivity contribution in [3.05, 3.63) is 0 Å². The number of fused-ring (bicyclic) bond motifs is 7. The lowest BCUT2D eigenvalue weighted by Gasteiger charge is -2.77. The lowest BCUT2D eigenvalue weighted by atomic mass is 9.27. The highest BCUT2D eigenvalue weighted by molar-refractivity contribution is 5.19. The van der Waals surface area contributed by atoms with Gasteiger partial charge in [-0.15, -0.1) is 0 Å².